The molecule has 2 amide bonds. The zero-order valence-electron chi connectivity index (χ0n) is 22.4. The Kier molecular flexibility index (Phi) is 7.07. The van der Waals surface area contributed by atoms with E-state index in [4.69, 9.17) is 4.98 Å². The molecule has 1 fully saturated rings. The first-order chi connectivity index (χ1) is 19.5. The summed E-state index contributed by atoms with van der Waals surface area (Å²) in [7, 11) is 1.85. The van der Waals surface area contributed by atoms with E-state index in [-0.39, 0.29) is 24.0 Å². The molecule has 0 unspecified atom stereocenters. The summed E-state index contributed by atoms with van der Waals surface area (Å²) in [6.45, 7) is 4.59. The lowest BCUT2D eigenvalue weighted by Gasteiger charge is -2.27. The summed E-state index contributed by atoms with van der Waals surface area (Å²) >= 11 is 0. The molecular weight excluding hydrogens is 540 g/mol. The summed E-state index contributed by atoms with van der Waals surface area (Å²) in [6.07, 6.45) is -2.18. The number of imidazole rings is 1. The number of amides is 2. The van der Waals surface area contributed by atoms with Gasteiger partial charge in [0.2, 0.25) is 0 Å². The number of hydrogen-bond acceptors (Lipinski definition) is 6. The number of carboxylic acid groups (broad SMARTS) is 2. The molecule has 3 heterocycles. The monoisotopic (exact) mass is 567 g/mol. The molecule has 0 spiro atoms. The van der Waals surface area contributed by atoms with E-state index in [2.05, 4.69) is 10.4 Å². The van der Waals surface area contributed by atoms with Crippen molar-refractivity contribution in [1.29, 1.82) is 0 Å². The Bertz CT molecular complexity index is 1720. The van der Waals surface area contributed by atoms with Crippen molar-refractivity contribution in [3.8, 4) is 5.69 Å². The molecular formula is C27H27F2N7O5. The Balaban J connectivity index is 1.73. The van der Waals surface area contributed by atoms with Crippen LogP contribution in [-0.4, -0.2) is 60.9 Å². The van der Waals surface area contributed by atoms with Crippen LogP contribution in [0.3, 0.4) is 0 Å². The molecule has 2 aromatic heterocycles. The van der Waals surface area contributed by atoms with Crippen LogP contribution < -0.4 is 20.7 Å². The number of aryl methyl sites for hydroxylation is 1. The van der Waals surface area contributed by atoms with Crippen molar-refractivity contribution >= 4 is 40.4 Å². The van der Waals surface area contributed by atoms with E-state index in [1.165, 1.54) is 0 Å². The third-order valence-corrected chi connectivity index (χ3v) is 6.99. The summed E-state index contributed by atoms with van der Waals surface area (Å²) in [5.41, 5.74) is 0.143. The highest BCUT2D eigenvalue weighted by molar-refractivity contribution is 6.05. The highest BCUT2D eigenvalue weighted by Gasteiger charge is 2.33. The molecule has 214 valence electrons. The molecule has 14 heteroatoms. The minimum Gasteiger partial charge on any atom is -0.465 e. The van der Waals surface area contributed by atoms with Gasteiger partial charge in [0.1, 0.15) is 17.0 Å². The predicted molar refractivity (Wildman–Crippen MR) is 146 cm³/mol. The van der Waals surface area contributed by atoms with Crippen molar-refractivity contribution < 1.29 is 28.6 Å². The fraction of sp³-hybridized carbons (Fsp3) is 0.296. The maximum Gasteiger partial charge on any atom is 0.417 e. The molecule has 0 bridgehead atoms. The van der Waals surface area contributed by atoms with Crippen LogP contribution in [0.1, 0.15) is 32.0 Å². The lowest BCUT2D eigenvalue weighted by Crippen LogP contribution is -2.36. The number of nitrogens with zero attached hydrogens (tertiary/aromatic N) is 6. The molecule has 1 saturated heterocycles. The van der Waals surface area contributed by atoms with Gasteiger partial charge in [-0.05, 0) is 36.8 Å². The van der Waals surface area contributed by atoms with Gasteiger partial charge in [0.15, 0.2) is 17.5 Å². The third kappa shape index (κ3) is 4.92. The number of rotatable bonds is 6. The predicted octanol–water partition coefficient (Wildman–Crippen LogP) is 4.18. The van der Waals surface area contributed by atoms with Crippen LogP contribution >= 0.6 is 0 Å². The van der Waals surface area contributed by atoms with Gasteiger partial charge in [-0.15, -0.1) is 5.10 Å². The van der Waals surface area contributed by atoms with E-state index in [0.29, 0.717) is 28.9 Å². The number of para-hydroxylation sites is 1. The first kappa shape index (κ1) is 27.6. The second kappa shape index (κ2) is 10.5. The van der Waals surface area contributed by atoms with Gasteiger partial charge in [-0.25, -0.2) is 28.3 Å². The molecule has 5 rings (SSSR count). The molecule has 1 aliphatic heterocycles. The molecule has 0 aliphatic carbocycles. The van der Waals surface area contributed by atoms with Gasteiger partial charge in [-0.2, -0.15) is 4.68 Å². The van der Waals surface area contributed by atoms with Crippen molar-refractivity contribution in [2.24, 2.45) is 7.05 Å². The molecule has 0 saturated carbocycles. The third-order valence-electron chi connectivity index (χ3n) is 6.99. The Morgan fingerprint density at radius 2 is 1.78 bits per heavy atom. The maximum atomic E-state index is 14.6. The van der Waals surface area contributed by atoms with Crippen LogP contribution in [0.25, 0.3) is 16.7 Å². The number of carbonyl (C=O) groups is 2. The fourth-order valence-electron chi connectivity index (χ4n) is 5.21. The highest BCUT2D eigenvalue weighted by atomic mass is 19.1. The number of benzene rings is 2. The minimum atomic E-state index is -1.48. The van der Waals surface area contributed by atoms with E-state index >= 15 is 0 Å². The normalized spacial score (nSPS) is 15.1. The van der Waals surface area contributed by atoms with Crippen LogP contribution in [0.15, 0.2) is 47.3 Å². The fourth-order valence-corrected chi connectivity index (χ4v) is 5.21. The summed E-state index contributed by atoms with van der Waals surface area (Å²) in [6, 6.07) is 8.04. The van der Waals surface area contributed by atoms with E-state index in [1.807, 2.05) is 30.4 Å². The SMILES string of the molecule is CC(C)c1nc2c(N3CC[C@@H](NC(=O)O)C3)c(N(C(=O)O)c3ccc(=O)n(-c4c(F)cccc4F)n3)ccc2n1C. The molecule has 41 heavy (non-hydrogen) atoms. The molecule has 2 aromatic carbocycles. The Morgan fingerprint density at radius 3 is 2.41 bits per heavy atom. The smallest absolute Gasteiger partial charge is 0.417 e. The summed E-state index contributed by atoms with van der Waals surface area (Å²) < 4.78 is 31.5. The van der Waals surface area contributed by atoms with Crippen molar-refractivity contribution in [1.82, 2.24) is 24.6 Å². The summed E-state index contributed by atoms with van der Waals surface area (Å²) in [5, 5.41) is 26.1. The van der Waals surface area contributed by atoms with Crippen LogP contribution in [-0.2, 0) is 7.05 Å². The van der Waals surface area contributed by atoms with Crippen molar-refractivity contribution in [3.05, 3.63) is 70.3 Å². The topological polar surface area (TPSA) is 146 Å². The number of hydrogen-bond donors (Lipinski definition) is 3. The second-order valence-electron chi connectivity index (χ2n) is 10.00. The van der Waals surface area contributed by atoms with E-state index in [9.17, 15) is 33.4 Å². The summed E-state index contributed by atoms with van der Waals surface area (Å²) in [5.74, 6) is -1.60. The number of nitrogens with one attached hydrogen (secondary N) is 1. The molecule has 12 nitrogen and oxygen atoms in total. The molecule has 0 radical (unpaired) electrons. The van der Waals surface area contributed by atoms with Crippen molar-refractivity contribution in [3.63, 3.8) is 0 Å². The first-order valence-corrected chi connectivity index (χ1v) is 12.8. The largest absolute Gasteiger partial charge is 0.465 e. The zero-order valence-corrected chi connectivity index (χ0v) is 22.4. The second-order valence-corrected chi connectivity index (χ2v) is 10.00. The maximum absolute atomic E-state index is 14.6. The summed E-state index contributed by atoms with van der Waals surface area (Å²) in [4.78, 5) is 44.2. The van der Waals surface area contributed by atoms with E-state index in [1.54, 1.807) is 12.1 Å². The van der Waals surface area contributed by atoms with Crippen molar-refractivity contribution in [2.75, 3.05) is 22.9 Å². The standard InChI is InChI=1S/C27H27F2N7O5/c1-14(2)25-31-22-18(33(25)3)7-8-19(24(22)34-12-11-15(13-34)30-26(38)39)35(27(40)41)20-9-10-21(37)36(32-20)23-16(28)5-4-6-17(23)29/h4-10,14-15,30H,11-13H2,1-3H3,(H,38,39)(H,40,41)/t15-/m1/s1. The van der Waals surface area contributed by atoms with Crippen LogP contribution in [0.2, 0.25) is 0 Å². The number of aromatic nitrogens is 4. The van der Waals surface area contributed by atoms with Crippen LogP contribution in [0, 0.1) is 11.6 Å². The van der Waals surface area contributed by atoms with Gasteiger partial charge < -0.3 is 25.0 Å². The average Bonchev–Trinajstić information content (AvgIpc) is 3.49. The van der Waals surface area contributed by atoms with Crippen LogP contribution in [0.4, 0.5) is 35.6 Å². The molecule has 1 atom stereocenters. The zero-order chi connectivity index (χ0) is 29.6. The van der Waals surface area contributed by atoms with Gasteiger partial charge in [0.25, 0.3) is 5.56 Å². The Labute approximate surface area is 232 Å². The number of halogens is 2. The lowest BCUT2D eigenvalue weighted by atomic mass is 10.2. The van der Waals surface area contributed by atoms with Gasteiger partial charge in [-0.1, -0.05) is 19.9 Å². The Hall–Kier alpha value is -5.01. The van der Waals surface area contributed by atoms with Gasteiger partial charge in [0.05, 0.1) is 22.9 Å². The highest BCUT2D eigenvalue weighted by Crippen LogP contribution is 2.41. The van der Waals surface area contributed by atoms with Crippen LogP contribution in [0.5, 0.6) is 0 Å². The first-order valence-electron chi connectivity index (χ1n) is 12.8. The molecule has 1 aliphatic rings. The average molecular weight is 568 g/mol. The van der Waals surface area contributed by atoms with Crippen molar-refractivity contribution in [2.45, 2.75) is 32.2 Å². The quantitative estimate of drug-likeness (QED) is 0.315. The van der Waals surface area contributed by atoms with E-state index < -0.39 is 41.1 Å². The van der Waals surface area contributed by atoms with Gasteiger partial charge >= 0.3 is 12.2 Å². The number of fused-ring (bicyclic) bond motifs is 1. The number of anilines is 3. The lowest BCUT2D eigenvalue weighted by molar-refractivity contribution is 0.190. The van der Waals surface area contributed by atoms with E-state index in [0.717, 1.165) is 46.6 Å². The molecule has 4 aromatic rings. The Morgan fingerprint density at radius 1 is 1.07 bits per heavy atom. The van der Waals surface area contributed by atoms with Gasteiger partial charge in [-0.3, -0.25) is 4.79 Å². The molecule has 3 N–H and O–H groups in total. The van der Waals surface area contributed by atoms with Gasteiger partial charge in [0, 0.05) is 32.1 Å². The minimum absolute atomic E-state index is 0.0418.